The van der Waals surface area contributed by atoms with Crippen molar-refractivity contribution >= 4 is 27.7 Å². The van der Waals surface area contributed by atoms with E-state index in [4.69, 9.17) is 0 Å². The van der Waals surface area contributed by atoms with Crippen molar-refractivity contribution < 1.29 is 9.59 Å². The number of piperidine rings is 3. The molecule has 1 N–H and O–H groups in total. The number of halogens is 1. The Bertz CT molecular complexity index is 768. The quantitative estimate of drug-likeness (QED) is 0.819. The van der Waals surface area contributed by atoms with Gasteiger partial charge in [-0.25, -0.2) is 0 Å². The van der Waals surface area contributed by atoms with E-state index < -0.39 is 0 Å². The lowest BCUT2D eigenvalue weighted by atomic mass is 9.84. The van der Waals surface area contributed by atoms with E-state index in [-0.39, 0.29) is 29.8 Å². The monoisotopic (exact) mass is 417 g/mol. The van der Waals surface area contributed by atoms with Gasteiger partial charge in [0.15, 0.2) is 0 Å². The molecule has 4 fully saturated rings. The Kier molecular flexibility index (Phi) is 3.90. The summed E-state index contributed by atoms with van der Waals surface area (Å²) in [5.74, 6) is 0.594. The van der Waals surface area contributed by atoms with Crippen molar-refractivity contribution in [2.24, 2.45) is 5.92 Å². The molecule has 1 aromatic rings. The van der Waals surface area contributed by atoms with Crippen molar-refractivity contribution in [3.05, 3.63) is 33.8 Å². The maximum atomic E-state index is 12.9. The molecule has 4 aliphatic heterocycles. The summed E-state index contributed by atoms with van der Waals surface area (Å²) in [6.45, 7) is 4.14. The highest BCUT2D eigenvalue weighted by Crippen LogP contribution is 2.52. The molecule has 1 aliphatic carbocycles. The first-order valence-corrected chi connectivity index (χ1v) is 10.4. The van der Waals surface area contributed by atoms with Gasteiger partial charge in [-0.2, -0.15) is 0 Å². The van der Waals surface area contributed by atoms with Crippen LogP contribution < -0.4 is 5.32 Å². The Labute approximate surface area is 162 Å². The van der Waals surface area contributed by atoms with Gasteiger partial charge in [0.05, 0.1) is 6.54 Å². The lowest BCUT2D eigenvalue weighted by molar-refractivity contribution is -0.124. The number of fused-ring (bicyclic) bond motifs is 5. The van der Waals surface area contributed by atoms with Crippen LogP contribution in [-0.2, 0) is 10.2 Å². The number of hydrogen-bond acceptors (Lipinski definition) is 3. The summed E-state index contributed by atoms with van der Waals surface area (Å²) in [4.78, 5) is 29.8. The van der Waals surface area contributed by atoms with Crippen molar-refractivity contribution in [1.29, 1.82) is 0 Å². The standard InChI is InChI=1S/C20H24BrN3O2/c21-14-1-2-15-16(9-14)20(5-6-20)12-24(19(15)26)11-18(25)22-17-10-23-7-3-13(17)4-8-23/h1-2,9,13,17H,3-8,10-12H2,(H,22,25). The average Bonchev–Trinajstić information content (AvgIpc) is 3.41. The molecule has 2 bridgehead atoms. The van der Waals surface area contributed by atoms with Gasteiger partial charge in [-0.3, -0.25) is 9.59 Å². The number of nitrogens with zero attached hydrogens (tertiary/aromatic N) is 2. The number of nitrogens with one attached hydrogen (secondary N) is 1. The molecule has 26 heavy (non-hydrogen) atoms. The third-order valence-corrected chi connectivity index (χ3v) is 7.25. The minimum absolute atomic E-state index is 0.00547. The Morgan fingerprint density at radius 1 is 1.27 bits per heavy atom. The van der Waals surface area contributed by atoms with Crippen LogP contribution in [0.4, 0.5) is 0 Å². The summed E-state index contributed by atoms with van der Waals surface area (Å²) in [7, 11) is 0. The molecule has 1 spiro atoms. The summed E-state index contributed by atoms with van der Waals surface area (Å²) in [6.07, 6.45) is 4.56. The van der Waals surface area contributed by atoms with Gasteiger partial charge in [0.25, 0.3) is 5.91 Å². The third-order valence-electron chi connectivity index (χ3n) is 6.75. The van der Waals surface area contributed by atoms with E-state index in [0.29, 0.717) is 12.5 Å². The molecule has 1 saturated carbocycles. The fourth-order valence-electron chi connectivity index (χ4n) is 5.09. The van der Waals surface area contributed by atoms with Gasteiger partial charge in [0.2, 0.25) is 5.91 Å². The average molecular weight is 418 g/mol. The summed E-state index contributed by atoms with van der Waals surface area (Å²) < 4.78 is 1.02. The molecular weight excluding hydrogens is 394 g/mol. The molecule has 1 atom stereocenters. The minimum Gasteiger partial charge on any atom is -0.350 e. The van der Waals surface area contributed by atoms with Crippen molar-refractivity contribution in [1.82, 2.24) is 15.1 Å². The predicted octanol–water partition coefficient (Wildman–Crippen LogP) is 2.15. The SMILES string of the molecule is O=C(CN1CC2(CC2)c2cc(Br)ccc2C1=O)NC1CN2CCC1CC2. The van der Waals surface area contributed by atoms with E-state index in [1.807, 2.05) is 12.1 Å². The minimum atomic E-state index is -0.00605. The number of benzene rings is 1. The molecule has 6 heteroatoms. The highest BCUT2D eigenvalue weighted by atomic mass is 79.9. The second-order valence-corrected chi connectivity index (χ2v) is 9.36. The van der Waals surface area contributed by atoms with Crippen LogP contribution in [0.25, 0.3) is 0 Å². The number of hydrogen-bond donors (Lipinski definition) is 1. The molecule has 4 heterocycles. The van der Waals surface area contributed by atoms with Crippen LogP contribution >= 0.6 is 15.9 Å². The molecule has 138 valence electrons. The van der Waals surface area contributed by atoms with E-state index in [2.05, 4.69) is 32.2 Å². The summed E-state index contributed by atoms with van der Waals surface area (Å²) >= 11 is 3.52. The Balaban J connectivity index is 1.30. The van der Waals surface area contributed by atoms with Gasteiger partial charge in [-0.05, 0) is 68.5 Å². The smallest absolute Gasteiger partial charge is 0.254 e. The second-order valence-electron chi connectivity index (χ2n) is 8.44. The van der Waals surface area contributed by atoms with Crippen LogP contribution in [0.2, 0.25) is 0 Å². The molecule has 0 radical (unpaired) electrons. The van der Waals surface area contributed by atoms with Gasteiger partial charge < -0.3 is 15.1 Å². The van der Waals surface area contributed by atoms with Crippen LogP contribution in [0.5, 0.6) is 0 Å². The first kappa shape index (κ1) is 16.8. The zero-order chi connectivity index (χ0) is 17.9. The largest absolute Gasteiger partial charge is 0.350 e. The Hall–Kier alpha value is -1.40. The van der Waals surface area contributed by atoms with Crippen molar-refractivity contribution in [3.8, 4) is 0 Å². The Morgan fingerprint density at radius 2 is 2.04 bits per heavy atom. The lowest BCUT2D eigenvalue weighted by Crippen LogP contribution is -2.58. The van der Waals surface area contributed by atoms with E-state index in [0.717, 1.165) is 48.1 Å². The Morgan fingerprint density at radius 3 is 2.69 bits per heavy atom. The number of carbonyl (C=O) groups is 2. The first-order chi connectivity index (χ1) is 12.5. The van der Waals surface area contributed by atoms with Crippen molar-refractivity contribution in [2.45, 2.75) is 37.1 Å². The molecule has 5 aliphatic rings. The van der Waals surface area contributed by atoms with Crippen LogP contribution in [0.1, 0.15) is 41.6 Å². The summed E-state index contributed by atoms with van der Waals surface area (Å²) in [6, 6.07) is 6.16. The molecule has 6 rings (SSSR count). The van der Waals surface area contributed by atoms with Crippen molar-refractivity contribution in [3.63, 3.8) is 0 Å². The number of rotatable bonds is 3. The maximum Gasteiger partial charge on any atom is 0.254 e. The molecule has 0 aromatic heterocycles. The number of carbonyl (C=O) groups excluding carboxylic acids is 2. The van der Waals surface area contributed by atoms with Crippen LogP contribution in [0, 0.1) is 5.92 Å². The molecule has 3 saturated heterocycles. The van der Waals surface area contributed by atoms with Gasteiger partial charge in [-0.1, -0.05) is 15.9 Å². The zero-order valence-electron chi connectivity index (χ0n) is 14.8. The fraction of sp³-hybridized carbons (Fsp3) is 0.600. The summed E-state index contributed by atoms with van der Waals surface area (Å²) in [5.41, 5.74) is 2.00. The van der Waals surface area contributed by atoms with E-state index in [1.54, 1.807) is 4.90 Å². The molecular formula is C20H24BrN3O2. The van der Waals surface area contributed by atoms with Crippen molar-refractivity contribution in [2.75, 3.05) is 32.7 Å². The predicted molar refractivity (Wildman–Crippen MR) is 102 cm³/mol. The third kappa shape index (κ3) is 2.78. The highest BCUT2D eigenvalue weighted by Gasteiger charge is 2.51. The number of amides is 2. The van der Waals surface area contributed by atoms with Crippen LogP contribution in [0.3, 0.4) is 0 Å². The molecule has 5 nitrogen and oxygen atoms in total. The van der Waals surface area contributed by atoms with Gasteiger partial charge >= 0.3 is 0 Å². The van der Waals surface area contributed by atoms with Crippen LogP contribution in [0.15, 0.2) is 22.7 Å². The van der Waals surface area contributed by atoms with E-state index in [9.17, 15) is 9.59 Å². The summed E-state index contributed by atoms with van der Waals surface area (Å²) in [5, 5.41) is 3.22. The highest BCUT2D eigenvalue weighted by molar-refractivity contribution is 9.10. The fourth-order valence-corrected chi connectivity index (χ4v) is 5.46. The van der Waals surface area contributed by atoms with E-state index >= 15 is 0 Å². The maximum absolute atomic E-state index is 12.9. The van der Waals surface area contributed by atoms with Gasteiger partial charge in [0, 0.05) is 34.6 Å². The first-order valence-electron chi connectivity index (χ1n) is 9.65. The van der Waals surface area contributed by atoms with E-state index in [1.165, 1.54) is 12.8 Å². The molecule has 1 unspecified atom stereocenters. The second kappa shape index (κ2) is 6.06. The van der Waals surface area contributed by atoms with Gasteiger partial charge in [-0.15, -0.1) is 0 Å². The topological polar surface area (TPSA) is 52.7 Å². The normalized spacial score (nSPS) is 31.0. The van der Waals surface area contributed by atoms with Crippen LogP contribution in [-0.4, -0.2) is 60.4 Å². The zero-order valence-corrected chi connectivity index (χ0v) is 16.4. The molecule has 1 aromatic carbocycles. The lowest BCUT2D eigenvalue weighted by Gasteiger charge is -2.45. The van der Waals surface area contributed by atoms with Gasteiger partial charge in [0.1, 0.15) is 0 Å². The molecule has 2 amide bonds.